The van der Waals surface area contributed by atoms with Crippen LogP contribution < -0.4 is 10.1 Å². The molecule has 0 radical (unpaired) electrons. The van der Waals surface area contributed by atoms with Crippen LogP contribution in [0.25, 0.3) is 10.2 Å². The lowest BCUT2D eigenvalue weighted by molar-refractivity contribution is 0.102. The second-order valence-electron chi connectivity index (χ2n) is 5.88. The summed E-state index contributed by atoms with van der Waals surface area (Å²) >= 11 is 3.36. The summed E-state index contributed by atoms with van der Waals surface area (Å²) in [4.78, 5) is 21.2. The molecule has 1 saturated heterocycles. The molecule has 1 N–H and O–H groups in total. The van der Waals surface area contributed by atoms with E-state index in [1.807, 2.05) is 36.9 Å². The van der Waals surface area contributed by atoms with Gasteiger partial charge in [-0.05, 0) is 36.8 Å². The van der Waals surface area contributed by atoms with Crippen molar-refractivity contribution in [1.29, 1.82) is 0 Å². The Morgan fingerprint density at radius 3 is 2.96 bits per heavy atom. The van der Waals surface area contributed by atoms with Gasteiger partial charge in [-0.3, -0.25) is 10.1 Å². The number of hydrogen-bond donors (Lipinski definition) is 1. The maximum absolute atomic E-state index is 12.4. The van der Waals surface area contributed by atoms with Crippen molar-refractivity contribution in [2.24, 2.45) is 0 Å². The number of fused-ring (bicyclic) bond motifs is 1. The number of aromatic nitrogens is 2. The number of amides is 1. The molecule has 4 rings (SSSR count). The predicted molar refractivity (Wildman–Crippen MR) is 103 cm³/mol. The fourth-order valence-corrected chi connectivity index (χ4v) is 4.70. The summed E-state index contributed by atoms with van der Waals surface area (Å²) in [7, 11) is 0. The third-order valence-corrected chi connectivity index (χ3v) is 6.08. The van der Waals surface area contributed by atoms with E-state index in [9.17, 15) is 4.79 Å². The number of aryl methyl sites for hydroxylation is 1. The first-order chi connectivity index (χ1) is 12.2. The van der Waals surface area contributed by atoms with E-state index in [0.29, 0.717) is 16.6 Å². The van der Waals surface area contributed by atoms with E-state index < -0.39 is 0 Å². The standard InChI is InChI=1S/C18H17N3O2S2/c1-11-3-2-4-14-16(11)20-18(25-14)21-17(22)12-5-6-15(19-9-12)23-13-7-8-24-10-13/h2-6,9,13H,7-8,10H2,1H3,(H,20,21,22). The molecule has 1 amide bonds. The van der Waals surface area contributed by atoms with E-state index in [1.165, 1.54) is 11.3 Å². The molecule has 0 spiro atoms. The van der Waals surface area contributed by atoms with Crippen molar-refractivity contribution in [1.82, 2.24) is 9.97 Å². The molecule has 5 nitrogen and oxygen atoms in total. The molecule has 1 atom stereocenters. The Bertz CT molecular complexity index is 902. The first-order valence-electron chi connectivity index (χ1n) is 8.07. The minimum atomic E-state index is -0.216. The van der Waals surface area contributed by atoms with Crippen LogP contribution in [0.1, 0.15) is 22.3 Å². The minimum Gasteiger partial charge on any atom is -0.473 e. The van der Waals surface area contributed by atoms with Crippen LogP contribution in [0.2, 0.25) is 0 Å². The number of hydrogen-bond acceptors (Lipinski definition) is 6. The van der Waals surface area contributed by atoms with Crippen LogP contribution in [-0.4, -0.2) is 33.5 Å². The number of carbonyl (C=O) groups excluding carboxylic acids is 1. The Hall–Kier alpha value is -2.12. The average molecular weight is 371 g/mol. The summed E-state index contributed by atoms with van der Waals surface area (Å²) in [6.45, 7) is 2.01. The zero-order valence-electron chi connectivity index (χ0n) is 13.7. The highest BCUT2D eigenvalue weighted by atomic mass is 32.2. The molecule has 0 aliphatic carbocycles. The second-order valence-corrected chi connectivity index (χ2v) is 8.06. The van der Waals surface area contributed by atoms with E-state index in [4.69, 9.17) is 4.74 Å². The van der Waals surface area contributed by atoms with Gasteiger partial charge in [0, 0.05) is 18.0 Å². The predicted octanol–water partition coefficient (Wildman–Crippen LogP) is 4.14. The molecule has 0 bridgehead atoms. The van der Waals surface area contributed by atoms with Crippen molar-refractivity contribution in [3.63, 3.8) is 0 Å². The highest BCUT2D eigenvalue weighted by molar-refractivity contribution is 7.99. The lowest BCUT2D eigenvalue weighted by Gasteiger charge is -2.11. The Balaban J connectivity index is 1.45. The fraction of sp³-hybridized carbons (Fsp3) is 0.278. The molecular formula is C18H17N3O2S2. The zero-order chi connectivity index (χ0) is 17.2. The first-order valence-corrected chi connectivity index (χ1v) is 10.0. The molecule has 3 heterocycles. The Morgan fingerprint density at radius 1 is 1.32 bits per heavy atom. The molecule has 3 aromatic rings. The number of nitrogens with one attached hydrogen (secondary N) is 1. The fourth-order valence-electron chi connectivity index (χ4n) is 2.67. The van der Waals surface area contributed by atoms with Crippen LogP contribution in [0.5, 0.6) is 5.88 Å². The van der Waals surface area contributed by atoms with Gasteiger partial charge in [0.15, 0.2) is 5.13 Å². The highest BCUT2D eigenvalue weighted by Gasteiger charge is 2.18. The molecule has 1 aliphatic heterocycles. The van der Waals surface area contributed by atoms with E-state index in [1.54, 1.807) is 18.3 Å². The van der Waals surface area contributed by atoms with E-state index >= 15 is 0 Å². The van der Waals surface area contributed by atoms with Gasteiger partial charge in [-0.2, -0.15) is 11.8 Å². The summed E-state index contributed by atoms with van der Waals surface area (Å²) < 4.78 is 6.87. The molecule has 25 heavy (non-hydrogen) atoms. The van der Waals surface area contributed by atoms with Gasteiger partial charge < -0.3 is 4.74 Å². The number of anilines is 1. The molecule has 2 aromatic heterocycles. The average Bonchev–Trinajstić information content (AvgIpc) is 3.25. The van der Waals surface area contributed by atoms with Crippen LogP contribution >= 0.6 is 23.1 Å². The molecular weight excluding hydrogens is 354 g/mol. The molecule has 128 valence electrons. The van der Waals surface area contributed by atoms with Crippen molar-refractivity contribution in [2.45, 2.75) is 19.4 Å². The largest absolute Gasteiger partial charge is 0.473 e. The SMILES string of the molecule is Cc1cccc2sc(NC(=O)c3ccc(OC4CCSC4)nc3)nc12. The van der Waals surface area contributed by atoms with E-state index in [-0.39, 0.29) is 12.0 Å². The number of thioether (sulfide) groups is 1. The van der Waals surface area contributed by atoms with Crippen LogP contribution in [-0.2, 0) is 0 Å². The number of carbonyl (C=O) groups is 1. The number of thiazole rings is 1. The molecule has 1 aromatic carbocycles. The first kappa shape index (κ1) is 16.4. The molecule has 0 saturated carbocycles. The lowest BCUT2D eigenvalue weighted by atomic mass is 10.2. The molecule has 7 heteroatoms. The smallest absolute Gasteiger partial charge is 0.259 e. The summed E-state index contributed by atoms with van der Waals surface area (Å²) in [5.41, 5.74) is 2.52. The zero-order valence-corrected chi connectivity index (χ0v) is 15.3. The van der Waals surface area contributed by atoms with Crippen molar-refractivity contribution >= 4 is 44.4 Å². The summed E-state index contributed by atoms with van der Waals surface area (Å²) in [6, 6.07) is 9.50. The van der Waals surface area contributed by atoms with Gasteiger partial charge in [0.1, 0.15) is 6.10 Å². The Kier molecular flexibility index (Phi) is 4.59. The third kappa shape index (κ3) is 3.62. The number of ether oxygens (including phenoxy) is 1. The van der Waals surface area contributed by atoms with E-state index in [2.05, 4.69) is 15.3 Å². The van der Waals surface area contributed by atoms with Crippen LogP contribution in [0.15, 0.2) is 36.5 Å². The summed E-state index contributed by atoms with van der Waals surface area (Å²) in [6.07, 6.45) is 2.82. The van der Waals surface area contributed by atoms with Gasteiger partial charge in [-0.15, -0.1) is 0 Å². The van der Waals surface area contributed by atoms with Crippen LogP contribution in [0.3, 0.4) is 0 Å². The van der Waals surface area contributed by atoms with Gasteiger partial charge >= 0.3 is 0 Å². The maximum atomic E-state index is 12.4. The maximum Gasteiger partial charge on any atom is 0.259 e. The van der Waals surface area contributed by atoms with Crippen molar-refractivity contribution < 1.29 is 9.53 Å². The normalized spacial score (nSPS) is 16.9. The molecule has 1 aliphatic rings. The summed E-state index contributed by atoms with van der Waals surface area (Å²) in [5, 5.41) is 3.45. The number of para-hydroxylation sites is 1. The topological polar surface area (TPSA) is 64.1 Å². The van der Waals surface area contributed by atoms with Gasteiger partial charge in [-0.1, -0.05) is 23.5 Å². The number of pyridine rings is 1. The van der Waals surface area contributed by atoms with Gasteiger partial charge in [-0.25, -0.2) is 9.97 Å². The minimum absolute atomic E-state index is 0.216. The Labute approximate surface area is 153 Å². The van der Waals surface area contributed by atoms with E-state index in [0.717, 1.165) is 33.7 Å². The Morgan fingerprint density at radius 2 is 2.24 bits per heavy atom. The van der Waals surface area contributed by atoms with Gasteiger partial charge in [0.05, 0.1) is 15.8 Å². The monoisotopic (exact) mass is 371 g/mol. The highest BCUT2D eigenvalue weighted by Crippen LogP contribution is 2.28. The third-order valence-electron chi connectivity index (χ3n) is 4.02. The quantitative estimate of drug-likeness (QED) is 0.747. The van der Waals surface area contributed by atoms with Gasteiger partial charge in [0.25, 0.3) is 5.91 Å². The lowest BCUT2D eigenvalue weighted by Crippen LogP contribution is -2.16. The van der Waals surface area contributed by atoms with Crippen LogP contribution in [0.4, 0.5) is 5.13 Å². The molecule has 1 fully saturated rings. The number of nitrogens with zero attached hydrogens (tertiary/aromatic N) is 2. The van der Waals surface area contributed by atoms with Crippen molar-refractivity contribution in [3.8, 4) is 5.88 Å². The second kappa shape index (κ2) is 7.01. The number of benzene rings is 1. The number of rotatable bonds is 4. The van der Waals surface area contributed by atoms with Crippen molar-refractivity contribution in [2.75, 3.05) is 16.8 Å². The summed E-state index contributed by atoms with van der Waals surface area (Å²) in [5.74, 6) is 2.49. The van der Waals surface area contributed by atoms with Crippen LogP contribution in [0, 0.1) is 6.92 Å². The van der Waals surface area contributed by atoms with Crippen molar-refractivity contribution in [3.05, 3.63) is 47.7 Å². The van der Waals surface area contributed by atoms with Gasteiger partial charge in [0.2, 0.25) is 5.88 Å². The molecule has 1 unspecified atom stereocenters.